The molecule has 1 saturated heterocycles. The van der Waals surface area contributed by atoms with Crippen molar-refractivity contribution in [3.05, 3.63) is 29.8 Å². The van der Waals surface area contributed by atoms with E-state index in [0.717, 1.165) is 25.2 Å². The normalized spacial score (nSPS) is 19.0. The van der Waals surface area contributed by atoms with Gasteiger partial charge in [-0.2, -0.15) is 0 Å². The fourth-order valence-corrected chi connectivity index (χ4v) is 1.81. The molecule has 1 amide bonds. The Morgan fingerprint density at radius 2 is 2.24 bits per heavy atom. The predicted molar refractivity (Wildman–Crippen MR) is 64.3 cm³/mol. The number of hydrogen-bond acceptors (Lipinski definition) is 3. The van der Waals surface area contributed by atoms with Gasteiger partial charge in [-0.15, -0.1) is 0 Å². The predicted octanol–water partition coefficient (Wildman–Crippen LogP) is 1.60. The Morgan fingerprint density at radius 3 is 2.82 bits per heavy atom. The zero-order valence-electron chi connectivity index (χ0n) is 9.94. The average Bonchev–Trinajstić information content (AvgIpc) is 2.89. The fraction of sp³-hybridized carbons (Fsp3) is 0.462. The zero-order chi connectivity index (χ0) is 12.1. The molecule has 1 atom stereocenters. The van der Waals surface area contributed by atoms with Crippen LogP contribution in [0.4, 0.5) is 0 Å². The first kappa shape index (κ1) is 11.9. The molecule has 4 nitrogen and oxygen atoms in total. The van der Waals surface area contributed by atoms with Crippen LogP contribution in [0.1, 0.15) is 23.2 Å². The molecule has 0 aromatic heterocycles. The van der Waals surface area contributed by atoms with Gasteiger partial charge in [0.2, 0.25) is 0 Å². The highest BCUT2D eigenvalue weighted by molar-refractivity contribution is 5.94. The average molecular weight is 235 g/mol. The third-order valence-electron chi connectivity index (χ3n) is 2.80. The summed E-state index contributed by atoms with van der Waals surface area (Å²) in [5, 5.41) is 2.58. The van der Waals surface area contributed by atoms with Crippen molar-refractivity contribution in [2.75, 3.05) is 20.3 Å². The number of carbonyl (C=O) groups excluding carboxylic acids is 1. The summed E-state index contributed by atoms with van der Waals surface area (Å²) in [6.45, 7) is 1.42. The second-order valence-electron chi connectivity index (χ2n) is 4.05. The van der Waals surface area contributed by atoms with Gasteiger partial charge in [0.05, 0.1) is 6.10 Å². The Bertz CT molecular complexity index is 369. The molecular weight excluding hydrogens is 218 g/mol. The SMILES string of the molecule is CNC(=O)c1ccc(OC[C@@H]2CCCO2)cc1. The first-order chi connectivity index (χ1) is 8.29. The Kier molecular flexibility index (Phi) is 3.98. The van der Waals surface area contributed by atoms with Gasteiger partial charge in [-0.05, 0) is 37.1 Å². The molecule has 92 valence electrons. The van der Waals surface area contributed by atoms with E-state index in [0.29, 0.717) is 12.2 Å². The molecule has 1 aromatic rings. The summed E-state index contributed by atoms with van der Waals surface area (Å²) >= 11 is 0. The van der Waals surface area contributed by atoms with Gasteiger partial charge < -0.3 is 14.8 Å². The summed E-state index contributed by atoms with van der Waals surface area (Å²) < 4.78 is 11.1. The lowest BCUT2D eigenvalue weighted by Gasteiger charge is -2.11. The Labute approximate surface area is 101 Å². The van der Waals surface area contributed by atoms with Crippen LogP contribution in [0.15, 0.2) is 24.3 Å². The minimum absolute atomic E-state index is 0.0873. The maximum atomic E-state index is 11.3. The number of ether oxygens (including phenoxy) is 2. The number of rotatable bonds is 4. The van der Waals surface area contributed by atoms with Crippen molar-refractivity contribution in [1.29, 1.82) is 0 Å². The van der Waals surface area contributed by atoms with Crippen molar-refractivity contribution in [2.45, 2.75) is 18.9 Å². The molecule has 1 aliphatic rings. The van der Waals surface area contributed by atoms with Crippen molar-refractivity contribution >= 4 is 5.91 Å². The van der Waals surface area contributed by atoms with Crippen LogP contribution in [0, 0.1) is 0 Å². The molecule has 1 heterocycles. The molecule has 0 aliphatic carbocycles. The molecule has 0 spiro atoms. The Balaban J connectivity index is 1.87. The molecule has 1 N–H and O–H groups in total. The maximum Gasteiger partial charge on any atom is 0.251 e. The largest absolute Gasteiger partial charge is 0.491 e. The number of amides is 1. The fourth-order valence-electron chi connectivity index (χ4n) is 1.81. The lowest BCUT2D eigenvalue weighted by Crippen LogP contribution is -2.18. The monoisotopic (exact) mass is 235 g/mol. The van der Waals surface area contributed by atoms with Crippen LogP contribution in [0.25, 0.3) is 0 Å². The van der Waals surface area contributed by atoms with Crippen LogP contribution in [-0.2, 0) is 4.74 Å². The van der Waals surface area contributed by atoms with E-state index in [-0.39, 0.29) is 12.0 Å². The summed E-state index contributed by atoms with van der Waals surface area (Å²) in [5.41, 5.74) is 0.636. The van der Waals surface area contributed by atoms with E-state index in [1.54, 1.807) is 31.3 Å². The first-order valence-electron chi connectivity index (χ1n) is 5.86. The molecule has 1 aliphatic heterocycles. The molecule has 0 radical (unpaired) electrons. The van der Waals surface area contributed by atoms with Crippen molar-refractivity contribution in [3.63, 3.8) is 0 Å². The maximum absolute atomic E-state index is 11.3. The minimum Gasteiger partial charge on any atom is -0.491 e. The third-order valence-corrected chi connectivity index (χ3v) is 2.80. The van der Waals surface area contributed by atoms with Crippen LogP contribution in [0.5, 0.6) is 5.75 Å². The zero-order valence-corrected chi connectivity index (χ0v) is 9.94. The number of nitrogens with one attached hydrogen (secondary N) is 1. The van der Waals surface area contributed by atoms with Crippen LogP contribution in [-0.4, -0.2) is 32.3 Å². The number of carbonyl (C=O) groups is 1. The highest BCUT2D eigenvalue weighted by Gasteiger charge is 2.15. The molecule has 17 heavy (non-hydrogen) atoms. The number of hydrogen-bond donors (Lipinski definition) is 1. The second kappa shape index (κ2) is 5.68. The van der Waals surface area contributed by atoms with Gasteiger partial charge in [0.15, 0.2) is 0 Å². The quantitative estimate of drug-likeness (QED) is 0.862. The minimum atomic E-state index is -0.0873. The highest BCUT2D eigenvalue weighted by atomic mass is 16.5. The van der Waals surface area contributed by atoms with Gasteiger partial charge in [0.1, 0.15) is 12.4 Å². The Morgan fingerprint density at radius 1 is 1.47 bits per heavy atom. The lowest BCUT2D eigenvalue weighted by molar-refractivity contribution is 0.0679. The van der Waals surface area contributed by atoms with Gasteiger partial charge in [-0.1, -0.05) is 0 Å². The van der Waals surface area contributed by atoms with Crippen molar-refractivity contribution in [2.24, 2.45) is 0 Å². The van der Waals surface area contributed by atoms with Crippen LogP contribution < -0.4 is 10.1 Å². The second-order valence-corrected chi connectivity index (χ2v) is 4.05. The molecular formula is C13H17NO3. The molecule has 0 unspecified atom stereocenters. The molecule has 1 aromatic carbocycles. The Hall–Kier alpha value is -1.55. The van der Waals surface area contributed by atoms with E-state index < -0.39 is 0 Å². The van der Waals surface area contributed by atoms with Crippen molar-refractivity contribution in [1.82, 2.24) is 5.32 Å². The van der Waals surface area contributed by atoms with Crippen molar-refractivity contribution in [3.8, 4) is 5.75 Å². The van der Waals surface area contributed by atoms with E-state index in [1.807, 2.05) is 0 Å². The summed E-state index contributed by atoms with van der Waals surface area (Å²) in [6, 6.07) is 7.12. The standard InChI is InChI=1S/C13H17NO3/c1-14-13(15)10-4-6-11(7-5-10)17-9-12-3-2-8-16-12/h4-7,12H,2-3,8-9H2,1H3,(H,14,15)/t12-/m0/s1. The molecule has 4 heteroatoms. The molecule has 2 rings (SSSR count). The van der Waals surface area contributed by atoms with Crippen LogP contribution in [0.3, 0.4) is 0 Å². The van der Waals surface area contributed by atoms with Crippen LogP contribution in [0.2, 0.25) is 0 Å². The molecule has 0 bridgehead atoms. The van der Waals surface area contributed by atoms with E-state index in [1.165, 1.54) is 0 Å². The topological polar surface area (TPSA) is 47.6 Å². The molecule has 0 saturated carbocycles. The van der Waals surface area contributed by atoms with Gasteiger partial charge in [0, 0.05) is 19.2 Å². The van der Waals surface area contributed by atoms with E-state index in [9.17, 15) is 4.79 Å². The summed E-state index contributed by atoms with van der Waals surface area (Å²) in [5.74, 6) is 0.684. The smallest absolute Gasteiger partial charge is 0.251 e. The van der Waals surface area contributed by atoms with Gasteiger partial charge in [-0.3, -0.25) is 4.79 Å². The first-order valence-corrected chi connectivity index (χ1v) is 5.86. The highest BCUT2D eigenvalue weighted by Crippen LogP contribution is 2.16. The van der Waals surface area contributed by atoms with Crippen molar-refractivity contribution < 1.29 is 14.3 Å². The lowest BCUT2D eigenvalue weighted by atomic mass is 10.2. The van der Waals surface area contributed by atoms with E-state index in [2.05, 4.69) is 5.32 Å². The summed E-state index contributed by atoms with van der Waals surface area (Å²) in [4.78, 5) is 11.3. The van der Waals surface area contributed by atoms with Gasteiger partial charge in [-0.25, -0.2) is 0 Å². The number of benzene rings is 1. The van der Waals surface area contributed by atoms with E-state index in [4.69, 9.17) is 9.47 Å². The van der Waals surface area contributed by atoms with E-state index >= 15 is 0 Å². The third kappa shape index (κ3) is 3.20. The summed E-state index contributed by atoms with van der Waals surface area (Å²) in [6.07, 6.45) is 2.40. The van der Waals surface area contributed by atoms with Gasteiger partial charge in [0.25, 0.3) is 5.91 Å². The van der Waals surface area contributed by atoms with Gasteiger partial charge >= 0.3 is 0 Å². The summed E-state index contributed by atoms with van der Waals surface area (Å²) in [7, 11) is 1.62. The van der Waals surface area contributed by atoms with Crippen LogP contribution >= 0.6 is 0 Å². The molecule has 1 fully saturated rings.